The molecule has 1 heterocycles. The van der Waals surface area contributed by atoms with Crippen LogP contribution in [0.15, 0.2) is 89.8 Å². The summed E-state index contributed by atoms with van der Waals surface area (Å²) in [5.74, 6) is -1.08. The first-order valence-electron chi connectivity index (χ1n) is 11.6. The van der Waals surface area contributed by atoms with E-state index >= 15 is 0 Å². The van der Waals surface area contributed by atoms with Gasteiger partial charge in [-0.05, 0) is 61.4 Å². The number of rotatable bonds is 4. The summed E-state index contributed by atoms with van der Waals surface area (Å²) in [6.45, 7) is 3.39. The highest BCUT2D eigenvalue weighted by molar-refractivity contribution is 7.80. The smallest absolute Gasteiger partial charge is 0.335 e. The zero-order chi connectivity index (χ0) is 29.4. The maximum Gasteiger partial charge on any atom is 0.335 e. The van der Waals surface area contributed by atoms with E-state index in [2.05, 4.69) is 17.6 Å². The molecule has 0 atom stereocenters. The third-order valence-electron chi connectivity index (χ3n) is 5.53. The number of benzene rings is 4. The third kappa shape index (κ3) is 8.59. The van der Waals surface area contributed by atoms with E-state index in [9.17, 15) is 25.0 Å². The van der Waals surface area contributed by atoms with Gasteiger partial charge in [-0.15, -0.1) is 24.0 Å². The molecule has 0 bridgehead atoms. The number of para-hydroxylation sites is 2. The molecule has 12 heteroatoms. The first-order chi connectivity index (χ1) is 19.0. The Balaban J connectivity index is 0.000000233. The zero-order valence-corrected chi connectivity index (χ0v) is 23.1. The number of carbonyl (C=O) groups is 1. The van der Waals surface area contributed by atoms with Crippen molar-refractivity contribution in [3.63, 3.8) is 0 Å². The van der Waals surface area contributed by atoms with Crippen LogP contribution in [-0.4, -0.2) is 25.9 Å². The number of thiazole rings is 1. The standard InChI is InChI=1S/C14H10N2O2S.C8H7NO4.C6H7NS.CH4/c1-9-8-10(16(17)18)6-7-11(9)14-15-12-4-2-3-5-13(12)19-14;1-5-4-6(9(12)13)2-3-7(5)8(10)11;7-5-3-1-2-4-6(5)8;/h2-8H,1H3;2-4H,1H3,(H,10,11);1-4,8H,7H2;1H4. The summed E-state index contributed by atoms with van der Waals surface area (Å²) in [6, 6.07) is 23.9. The van der Waals surface area contributed by atoms with Crippen molar-refractivity contribution in [1.82, 2.24) is 4.98 Å². The molecule has 5 rings (SSSR count). The summed E-state index contributed by atoms with van der Waals surface area (Å²) in [7, 11) is 0. The maximum atomic E-state index is 10.7. The van der Waals surface area contributed by atoms with Crippen molar-refractivity contribution in [2.45, 2.75) is 26.2 Å². The van der Waals surface area contributed by atoms with Crippen LogP contribution in [0.1, 0.15) is 28.9 Å². The van der Waals surface area contributed by atoms with Gasteiger partial charge in [0.2, 0.25) is 0 Å². The second kappa shape index (κ2) is 14.5. The zero-order valence-electron chi connectivity index (χ0n) is 21.3. The number of hydrogen-bond acceptors (Lipinski definition) is 9. The Bertz CT molecular complexity index is 1650. The number of non-ortho nitro benzene ring substituents is 2. The van der Waals surface area contributed by atoms with Crippen LogP contribution in [0.3, 0.4) is 0 Å². The van der Waals surface area contributed by atoms with Gasteiger partial charge in [-0.3, -0.25) is 20.2 Å². The first kappa shape index (κ1) is 32.4. The van der Waals surface area contributed by atoms with Gasteiger partial charge in [0.25, 0.3) is 11.4 Å². The minimum Gasteiger partial charge on any atom is -0.478 e. The lowest BCUT2D eigenvalue weighted by atomic mass is 10.1. The number of nitro groups is 2. The molecule has 0 aliphatic heterocycles. The topological polar surface area (TPSA) is 162 Å². The molecule has 0 radical (unpaired) electrons. The number of nitrogens with two attached hydrogens (primary N) is 1. The van der Waals surface area contributed by atoms with Gasteiger partial charge in [0.05, 0.1) is 25.6 Å². The fraction of sp³-hybridized carbons (Fsp3) is 0.103. The van der Waals surface area contributed by atoms with Crippen molar-refractivity contribution in [3.05, 3.63) is 122 Å². The minimum atomic E-state index is -1.08. The lowest BCUT2D eigenvalue weighted by Crippen LogP contribution is -2.00. The molecule has 41 heavy (non-hydrogen) atoms. The highest BCUT2D eigenvalue weighted by atomic mass is 32.1. The number of aryl methyl sites for hydroxylation is 2. The van der Waals surface area contributed by atoms with Crippen molar-refractivity contribution in [2.75, 3.05) is 5.73 Å². The number of carboxylic acids is 1. The summed E-state index contributed by atoms with van der Waals surface area (Å²) in [4.78, 5) is 36.0. The van der Waals surface area contributed by atoms with Gasteiger partial charge in [0, 0.05) is 40.4 Å². The predicted molar refractivity (Wildman–Crippen MR) is 166 cm³/mol. The molecule has 0 fully saturated rings. The van der Waals surface area contributed by atoms with Crippen LogP contribution in [0, 0.1) is 34.1 Å². The number of aromatic nitrogens is 1. The lowest BCUT2D eigenvalue weighted by molar-refractivity contribution is -0.385. The molecule has 1 aromatic heterocycles. The van der Waals surface area contributed by atoms with Crippen molar-refractivity contribution in [2.24, 2.45) is 0 Å². The maximum absolute atomic E-state index is 10.7. The van der Waals surface area contributed by atoms with Gasteiger partial charge < -0.3 is 10.8 Å². The third-order valence-corrected chi connectivity index (χ3v) is 7.01. The molecule has 10 nitrogen and oxygen atoms in total. The molecule has 212 valence electrons. The van der Waals surface area contributed by atoms with E-state index in [4.69, 9.17) is 10.8 Å². The molecular weight excluding hydrogens is 564 g/mol. The average Bonchev–Trinajstić information content (AvgIpc) is 3.35. The van der Waals surface area contributed by atoms with Gasteiger partial charge in [0.15, 0.2) is 0 Å². The average molecular weight is 593 g/mol. The Labute approximate surface area is 245 Å². The van der Waals surface area contributed by atoms with Gasteiger partial charge in [-0.2, -0.15) is 0 Å². The van der Waals surface area contributed by atoms with Gasteiger partial charge in [-0.25, -0.2) is 9.78 Å². The number of carboxylic acid groups (broad SMARTS) is 1. The van der Waals surface area contributed by atoms with E-state index in [1.54, 1.807) is 23.5 Å². The Morgan fingerprint density at radius 3 is 1.93 bits per heavy atom. The molecule has 0 saturated carbocycles. The van der Waals surface area contributed by atoms with Crippen LogP contribution < -0.4 is 5.73 Å². The molecule has 0 amide bonds. The van der Waals surface area contributed by atoms with Crippen LogP contribution >= 0.6 is 24.0 Å². The second-order valence-electron chi connectivity index (χ2n) is 8.36. The molecule has 0 aliphatic rings. The Morgan fingerprint density at radius 1 is 0.878 bits per heavy atom. The number of nitrogens with zero attached hydrogens (tertiary/aromatic N) is 3. The molecule has 4 aromatic carbocycles. The number of thiol groups is 1. The molecular formula is C29H28N4O6S2. The van der Waals surface area contributed by atoms with Crippen LogP contribution in [-0.2, 0) is 0 Å². The number of hydrogen-bond donors (Lipinski definition) is 3. The van der Waals surface area contributed by atoms with E-state index in [0.717, 1.165) is 36.9 Å². The summed E-state index contributed by atoms with van der Waals surface area (Å²) in [5, 5.41) is 30.5. The molecule has 3 N–H and O–H groups in total. The highest BCUT2D eigenvalue weighted by Gasteiger charge is 2.13. The summed E-state index contributed by atoms with van der Waals surface area (Å²) >= 11 is 5.67. The number of aromatic carboxylic acids is 1. The largest absolute Gasteiger partial charge is 0.478 e. The lowest BCUT2D eigenvalue weighted by Gasteiger charge is -2.01. The predicted octanol–water partition coefficient (Wildman–Crippen LogP) is 7.97. The fourth-order valence-corrected chi connectivity index (χ4v) is 4.69. The summed E-state index contributed by atoms with van der Waals surface area (Å²) < 4.78 is 1.12. The van der Waals surface area contributed by atoms with Gasteiger partial charge in [0.1, 0.15) is 5.01 Å². The summed E-state index contributed by atoms with van der Waals surface area (Å²) in [5.41, 5.74) is 9.45. The first-order valence-corrected chi connectivity index (χ1v) is 12.9. The molecule has 0 saturated heterocycles. The van der Waals surface area contributed by atoms with Crippen molar-refractivity contribution < 1.29 is 19.7 Å². The van der Waals surface area contributed by atoms with E-state index in [-0.39, 0.29) is 29.3 Å². The van der Waals surface area contributed by atoms with Crippen LogP contribution in [0.4, 0.5) is 17.1 Å². The Kier molecular flexibility index (Phi) is 11.5. The van der Waals surface area contributed by atoms with Gasteiger partial charge in [-0.1, -0.05) is 31.7 Å². The number of nitro benzene ring substituents is 2. The van der Waals surface area contributed by atoms with E-state index < -0.39 is 10.9 Å². The molecule has 0 aliphatic carbocycles. The number of nitrogen functional groups attached to an aromatic ring is 1. The molecule has 0 spiro atoms. The quantitative estimate of drug-likeness (QED) is 0.0818. The summed E-state index contributed by atoms with van der Waals surface area (Å²) in [6.07, 6.45) is 0. The van der Waals surface area contributed by atoms with E-state index in [1.165, 1.54) is 31.2 Å². The van der Waals surface area contributed by atoms with Crippen molar-refractivity contribution in [1.29, 1.82) is 0 Å². The Hall–Kier alpha value is -4.81. The van der Waals surface area contributed by atoms with E-state index in [1.807, 2.05) is 55.5 Å². The van der Waals surface area contributed by atoms with Crippen molar-refractivity contribution >= 4 is 57.2 Å². The highest BCUT2D eigenvalue weighted by Crippen LogP contribution is 2.33. The number of fused-ring (bicyclic) bond motifs is 1. The monoisotopic (exact) mass is 592 g/mol. The number of anilines is 1. The SMILES string of the molecule is C.Cc1cc([N+](=O)[O-])ccc1-c1nc2ccccc2s1.Cc1cc([N+](=O)[O-])ccc1C(=O)O.Nc1ccccc1S. The van der Waals surface area contributed by atoms with Crippen LogP contribution in [0.5, 0.6) is 0 Å². The molecule has 5 aromatic rings. The van der Waals surface area contributed by atoms with Crippen LogP contribution in [0.2, 0.25) is 0 Å². The van der Waals surface area contributed by atoms with Crippen LogP contribution in [0.25, 0.3) is 20.8 Å². The normalized spacial score (nSPS) is 9.83. The van der Waals surface area contributed by atoms with E-state index in [0.29, 0.717) is 5.56 Å². The second-order valence-corrected chi connectivity index (χ2v) is 9.88. The Morgan fingerprint density at radius 2 is 1.44 bits per heavy atom. The fourth-order valence-electron chi connectivity index (χ4n) is 3.48. The molecule has 0 unspecified atom stereocenters. The van der Waals surface area contributed by atoms with Crippen molar-refractivity contribution in [3.8, 4) is 10.6 Å². The van der Waals surface area contributed by atoms with Gasteiger partial charge >= 0.3 is 5.97 Å². The minimum absolute atomic E-state index is 0.